The Bertz CT molecular complexity index is 732. The molecule has 118 valence electrons. The molecule has 0 bridgehead atoms. The second kappa shape index (κ2) is 6.25. The first-order valence-corrected chi connectivity index (χ1v) is 8.51. The molecule has 1 saturated carbocycles. The highest BCUT2D eigenvalue weighted by Gasteiger charge is 2.24. The number of quaternary nitrogens is 1. The summed E-state index contributed by atoms with van der Waals surface area (Å²) in [6, 6.07) is 6.99. The van der Waals surface area contributed by atoms with Gasteiger partial charge in [0.15, 0.2) is 0 Å². The fourth-order valence-corrected chi connectivity index (χ4v) is 3.70. The fraction of sp³-hybridized carbons (Fsp3) is 0.526. The molecule has 3 rings (SSSR count). The predicted molar refractivity (Wildman–Crippen MR) is 91.1 cm³/mol. The minimum absolute atomic E-state index is 0.0703. The summed E-state index contributed by atoms with van der Waals surface area (Å²) in [5.41, 5.74) is 4.35. The van der Waals surface area contributed by atoms with E-state index in [1.807, 2.05) is 0 Å². The molecule has 3 N–H and O–H groups in total. The summed E-state index contributed by atoms with van der Waals surface area (Å²) >= 11 is 0. The van der Waals surface area contributed by atoms with Crippen molar-refractivity contribution in [3.63, 3.8) is 0 Å². The van der Waals surface area contributed by atoms with Crippen LogP contribution in [0.1, 0.15) is 49.3 Å². The van der Waals surface area contributed by atoms with Gasteiger partial charge in [0.25, 0.3) is 5.56 Å². The molecule has 1 aliphatic rings. The lowest BCUT2D eigenvalue weighted by molar-refractivity contribution is -0.712. The molecule has 2 atom stereocenters. The van der Waals surface area contributed by atoms with Crippen molar-refractivity contribution in [2.45, 2.75) is 59.0 Å². The monoisotopic (exact) mass is 299 g/mol. The Hall–Kier alpha value is -1.61. The van der Waals surface area contributed by atoms with Crippen molar-refractivity contribution >= 4 is 10.9 Å². The van der Waals surface area contributed by atoms with Crippen LogP contribution in [0.25, 0.3) is 10.9 Å². The molecule has 1 aromatic heterocycles. The number of benzene rings is 1. The summed E-state index contributed by atoms with van der Waals surface area (Å²) in [4.78, 5) is 15.5. The number of fused-ring (bicyclic) bond motifs is 1. The molecule has 0 saturated heterocycles. The van der Waals surface area contributed by atoms with Gasteiger partial charge in [0.2, 0.25) is 0 Å². The molecule has 0 aliphatic heterocycles. The number of aromatic nitrogens is 1. The maximum Gasteiger partial charge on any atom is 0.257 e. The summed E-state index contributed by atoms with van der Waals surface area (Å²) in [7, 11) is 0. The quantitative estimate of drug-likeness (QED) is 0.899. The summed E-state index contributed by atoms with van der Waals surface area (Å²) in [6.45, 7) is 7.28. The van der Waals surface area contributed by atoms with Gasteiger partial charge in [-0.1, -0.05) is 25.5 Å². The molecule has 2 aromatic rings. The van der Waals surface area contributed by atoms with E-state index in [9.17, 15) is 4.79 Å². The molecule has 1 fully saturated rings. The van der Waals surface area contributed by atoms with Gasteiger partial charge in [-0.2, -0.15) is 0 Å². The molecule has 0 unspecified atom stereocenters. The predicted octanol–water partition coefficient (Wildman–Crippen LogP) is 2.79. The number of aryl methyl sites for hydroxylation is 2. The molecule has 0 amide bonds. The van der Waals surface area contributed by atoms with Crippen LogP contribution in [-0.2, 0) is 6.54 Å². The molecule has 3 nitrogen and oxygen atoms in total. The van der Waals surface area contributed by atoms with Crippen molar-refractivity contribution in [2.75, 3.05) is 0 Å². The van der Waals surface area contributed by atoms with Crippen LogP contribution in [0.5, 0.6) is 0 Å². The first-order valence-electron chi connectivity index (χ1n) is 8.51. The first-order chi connectivity index (χ1) is 10.6. The number of nitrogens with one attached hydrogen (secondary N) is 1. The van der Waals surface area contributed by atoms with E-state index in [1.165, 1.54) is 36.8 Å². The van der Waals surface area contributed by atoms with Gasteiger partial charge >= 0.3 is 0 Å². The fourth-order valence-electron chi connectivity index (χ4n) is 3.70. The van der Waals surface area contributed by atoms with Crippen LogP contribution in [0.3, 0.4) is 0 Å². The lowest BCUT2D eigenvalue weighted by Crippen LogP contribution is -2.90. The van der Waals surface area contributed by atoms with Crippen LogP contribution < -0.4 is 10.9 Å². The normalized spacial score (nSPS) is 22.1. The summed E-state index contributed by atoms with van der Waals surface area (Å²) in [5.74, 6) is 0.762. The molecule has 1 aromatic carbocycles. The smallest absolute Gasteiger partial charge is 0.257 e. The Morgan fingerprint density at radius 2 is 2.00 bits per heavy atom. The molecule has 3 heteroatoms. The Labute approximate surface area is 132 Å². The number of pyridine rings is 1. The number of nitrogens with two attached hydrogens (primary N) is 1. The number of rotatable bonds is 3. The van der Waals surface area contributed by atoms with Gasteiger partial charge < -0.3 is 10.3 Å². The SMILES string of the molecule is Cc1ccc2cc(C[NH2+][C@H]3CCCC[C@@H]3C)c(=O)[nH]c2c1C. The molecule has 22 heavy (non-hydrogen) atoms. The van der Waals surface area contributed by atoms with Crippen molar-refractivity contribution < 1.29 is 5.32 Å². The zero-order valence-electron chi connectivity index (χ0n) is 13.9. The van der Waals surface area contributed by atoms with E-state index in [0.717, 1.165) is 28.9 Å². The van der Waals surface area contributed by atoms with Gasteiger partial charge in [-0.15, -0.1) is 0 Å². The van der Waals surface area contributed by atoms with Crippen LogP contribution in [-0.4, -0.2) is 11.0 Å². The minimum atomic E-state index is 0.0703. The first kappa shape index (κ1) is 15.3. The highest BCUT2D eigenvalue weighted by molar-refractivity contribution is 5.83. The average Bonchev–Trinajstić information content (AvgIpc) is 2.51. The summed E-state index contributed by atoms with van der Waals surface area (Å²) < 4.78 is 0. The summed E-state index contributed by atoms with van der Waals surface area (Å²) in [6.07, 6.45) is 5.30. The molecular formula is C19H27N2O+. The van der Waals surface area contributed by atoms with E-state index >= 15 is 0 Å². The number of aromatic amines is 1. The third-order valence-corrected chi connectivity index (χ3v) is 5.45. The lowest BCUT2D eigenvalue weighted by atomic mass is 9.86. The van der Waals surface area contributed by atoms with Crippen LogP contribution in [0.15, 0.2) is 23.0 Å². The number of H-pyrrole nitrogens is 1. The van der Waals surface area contributed by atoms with Crippen LogP contribution >= 0.6 is 0 Å². The molecule has 1 heterocycles. The Morgan fingerprint density at radius 1 is 1.23 bits per heavy atom. The van der Waals surface area contributed by atoms with Crippen LogP contribution in [0.2, 0.25) is 0 Å². The summed E-state index contributed by atoms with van der Waals surface area (Å²) in [5, 5.41) is 3.52. The van der Waals surface area contributed by atoms with Crippen molar-refractivity contribution in [3.05, 3.63) is 45.2 Å². The van der Waals surface area contributed by atoms with Crippen molar-refractivity contribution in [1.29, 1.82) is 0 Å². The van der Waals surface area contributed by atoms with Crippen LogP contribution in [0, 0.1) is 19.8 Å². The molecule has 0 spiro atoms. The second-order valence-electron chi connectivity index (χ2n) is 6.96. The maximum atomic E-state index is 12.4. The second-order valence-corrected chi connectivity index (χ2v) is 6.96. The highest BCUT2D eigenvalue weighted by Crippen LogP contribution is 2.21. The zero-order valence-corrected chi connectivity index (χ0v) is 13.9. The standard InChI is InChI=1S/C19H26N2O/c1-12-8-9-15-10-16(19(22)21-18(15)14(12)3)11-20-17-7-5-4-6-13(17)2/h8-10,13,17,20H,4-7,11H2,1-3H3,(H,21,22)/p+1/t13-,17-/m0/s1. The van der Waals surface area contributed by atoms with Gasteiger partial charge in [-0.25, -0.2) is 0 Å². The van der Waals surface area contributed by atoms with Gasteiger partial charge in [0.05, 0.1) is 17.1 Å². The molecule has 0 radical (unpaired) electrons. The Balaban J connectivity index is 1.83. The highest BCUT2D eigenvalue weighted by atomic mass is 16.1. The van der Waals surface area contributed by atoms with E-state index < -0.39 is 0 Å². The van der Waals surface area contributed by atoms with Crippen molar-refractivity contribution in [2.24, 2.45) is 5.92 Å². The van der Waals surface area contributed by atoms with Gasteiger partial charge in [-0.3, -0.25) is 4.79 Å². The van der Waals surface area contributed by atoms with E-state index in [4.69, 9.17) is 0 Å². The van der Waals surface area contributed by atoms with E-state index in [0.29, 0.717) is 6.04 Å². The van der Waals surface area contributed by atoms with Gasteiger partial charge in [0, 0.05) is 5.92 Å². The average molecular weight is 299 g/mol. The largest absolute Gasteiger partial charge is 0.340 e. The van der Waals surface area contributed by atoms with Crippen molar-refractivity contribution in [3.8, 4) is 0 Å². The van der Waals surface area contributed by atoms with E-state index in [1.54, 1.807) is 0 Å². The number of hydrogen-bond donors (Lipinski definition) is 2. The molecular weight excluding hydrogens is 272 g/mol. The lowest BCUT2D eigenvalue weighted by Gasteiger charge is -2.26. The third kappa shape index (κ3) is 2.95. The third-order valence-electron chi connectivity index (χ3n) is 5.45. The van der Waals surface area contributed by atoms with Crippen molar-refractivity contribution in [1.82, 2.24) is 4.98 Å². The minimum Gasteiger partial charge on any atom is -0.340 e. The van der Waals surface area contributed by atoms with Gasteiger partial charge in [0.1, 0.15) is 6.54 Å². The Kier molecular flexibility index (Phi) is 4.34. The van der Waals surface area contributed by atoms with Crippen LogP contribution in [0.4, 0.5) is 0 Å². The maximum absolute atomic E-state index is 12.4. The topological polar surface area (TPSA) is 49.5 Å². The molecule has 1 aliphatic carbocycles. The Morgan fingerprint density at radius 3 is 2.77 bits per heavy atom. The van der Waals surface area contributed by atoms with E-state index in [-0.39, 0.29) is 5.56 Å². The number of hydrogen-bond acceptors (Lipinski definition) is 1. The van der Waals surface area contributed by atoms with E-state index in [2.05, 4.69) is 49.3 Å². The zero-order chi connectivity index (χ0) is 15.7. The van der Waals surface area contributed by atoms with Gasteiger partial charge in [-0.05, 0) is 55.7 Å².